The summed E-state index contributed by atoms with van der Waals surface area (Å²) in [5, 5.41) is 3.40. The van der Waals surface area contributed by atoms with E-state index < -0.39 is 0 Å². The molecule has 0 aromatic carbocycles. The number of nitrogens with zero attached hydrogens (tertiary/aromatic N) is 2. The molecule has 4 nitrogen and oxygen atoms in total. The number of hydrogen-bond acceptors (Lipinski definition) is 3. The predicted octanol–water partition coefficient (Wildman–Crippen LogP) is 1.21. The summed E-state index contributed by atoms with van der Waals surface area (Å²) in [7, 11) is 1.86. The average Bonchev–Trinajstić information content (AvgIpc) is 2.81. The normalized spacial score (nSPS) is 19.3. The maximum absolute atomic E-state index is 12.2. The molecule has 0 aliphatic carbocycles. The monoisotopic (exact) mass is 233 g/mol. The first-order valence-electron chi connectivity index (χ1n) is 6.09. The van der Waals surface area contributed by atoms with E-state index in [0.717, 1.165) is 25.2 Å². The van der Waals surface area contributed by atoms with Crippen LogP contribution in [0.25, 0.3) is 0 Å². The summed E-state index contributed by atoms with van der Waals surface area (Å²) in [4.78, 5) is 18.1. The maximum atomic E-state index is 12.2. The van der Waals surface area contributed by atoms with Gasteiger partial charge in [0.1, 0.15) is 0 Å². The van der Waals surface area contributed by atoms with E-state index in [4.69, 9.17) is 0 Å². The van der Waals surface area contributed by atoms with Gasteiger partial charge in [0.15, 0.2) is 0 Å². The standard InChI is InChI=1S/C13H19N3O/c1-10-12(6-4-7-14-10)13(17)16(2)9-11-5-3-8-15-11/h4,6-7,11,15H,3,5,8-9H2,1-2H3. The zero-order chi connectivity index (χ0) is 12.3. The Bertz CT molecular complexity index is 399. The smallest absolute Gasteiger partial charge is 0.255 e. The zero-order valence-electron chi connectivity index (χ0n) is 10.4. The SMILES string of the molecule is Cc1ncccc1C(=O)N(C)CC1CCCN1. The van der Waals surface area contributed by atoms with E-state index in [1.54, 1.807) is 11.1 Å². The Morgan fingerprint density at radius 3 is 3.12 bits per heavy atom. The van der Waals surface area contributed by atoms with Crippen LogP contribution in [0.5, 0.6) is 0 Å². The fraction of sp³-hybridized carbons (Fsp3) is 0.538. The number of carbonyl (C=O) groups excluding carboxylic acids is 1. The first-order valence-corrected chi connectivity index (χ1v) is 6.09. The van der Waals surface area contributed by atoms with Crippen molar-refractivity contribution in [2.45, 2.75) is 25.8 Å². The predicted molar refractivity (Wildman–Crippen MR) is 67.0 cm³/mol. The van der Waals surface area contributed by atoms with Gasteiger partial charge in [0.25, 0.3) is 5.91 Å². The second kappa shape index (κ2) is 5.27. The molecule has 1 saturated heterocycles. The van der Waals surface area contributed by atoms with Crippen LogP contribution in [-0.4, -0.2) is 42.0 Å². The largest absolute Gasteiger partial charge is 0.340 e. The molecule has 4 heteroatoms. The Balaban J connectivity index is 2.01. The molecule has 2 rings (SSSR count). The van der Waals surface area contributed by atoms with Crippen LogP contribution in [-0.2, 0) is 0 Å². The van der Waals surface area contributed by atoms with Crippen molar-refractivity contribution < 1.29 is 4.79 Å². The molecule has 1 aliphatic heterocycles. The molecule has 0 spiro atoms. The van der Waals surface area contributed by atoms with Crippen molar-refractivity contribution in [3.8, 4) is 0 Å². The second-order valence-electron chi connectivity index (χ2n) is 4.62. The lowest BCUT2D eigenvalue weighted by molar-refractivity contribution is 0.0782. The Kier molecular flexibility index (Phi) is 3.74. The molecular weight excluding hydrogens is 214 g/mol. The first kappa shape index (κ1) is 12.0. The number of pyridine rings is 1. The van der Waals surface area contributed by atoms with Crippen molar-refractivity contribution in [3.63, 3.8) is 0 Å². The summed E-state index contributed by atoms with van der Waals surface area (Å²) in [5.41, 5.74) is 1.50. The summed E-state index contributed by atoms with van der Waals surface area (Å²) < 4.78 is 0. The fourth-order valence-electron chi connectivity index (χ4n) is 2.24. The van der Waals surface area contributed by atoms with Crippen LogP contribution < -0.4 is 5.32 Å². The molecule has 0 radical (unpaired) electrons. The van der Waals surface area contributed by atoms with Crippen molar-refractivity contribution in [2.24, 2.45) is 0 Å². The molecule has 2 heterocycles. The van der Waals surface area contributed by atoms with Crippen molar-refractivity contribution in [3.05, 3.63) is 29.6 Å². The number of hydrogen-bond donors (Lipinski definition) is 1. The highest BCUT2D eigenvalue weighted by Gasteiger charge is 2.20. The summed E-state index contributed by atoms with van der Waals surface area (Å²) in [5.74, 6) is 0.0595. The highest BCUT2D eigenvalue weighted by molar-refractivity contribution is 5.95. The van der Waals surface area contributed by atoms with Crippen molar-refractivity contribution >= 4 is 5.91 Å². The van der Waals surface area contributed by atoms with E-state index in [0.29, 0.717) is 11.6 Å². The first-order chi connectivity index (χ1) is 8.18. The molecule has 0 bridgehead atoms. The molecule has 17 heavy (non-hydrogen) atoms. The van der Waals surface area contributed by atoms with Crippen LogP contribution in [0.1, 0.15) is 28.9 Å². The lowest BCUT2D eigenvalue weighted by Crippen LogP contribution is -2.38. The molecule has 1 aliphatic rings. The van der Waals surface area contributed by atoms with Crippen LogP contribution in [0.2, 0.25) is 0 Å². The van der Waals surface area contributed by atoms with E-state index >= 15 is 0 Å². The summed E-state index contributed by atoms with van der Waals surface area (Å²) in [6.07, 6.45) is 4.08. The van der Waals surface area contributed by atoms with Gasteiger partial charge in [-0.25, -0.2) is 0 Å². The second-order valence-corrected chi connectivity index (χ2v) is 4.62. The third-order valence-electron chi connectivity index (χ3n) is 3.24. The van der Waals surface area contributed by atoms with E-state index in [2.05, 4.69) is 10.3 Å². The number of rotatable bonds is 3. The lowest BCUT2D eigenvalue weighted by atomic mass is 10.1. The third kappa shape index (κ3) is 2.82. The van der Waals surface area contributed by atoms with E-state index in [1.807, 2.05) is 26.1 Å². The third-order valence-corrected chi connectivity index (χ3v) is 3.24. The molecule has 0 saturated carbocycles. The number of carbonyl (C=O) groups is 1. The zero-order valence-corrected chi connectivity index (χ0v) is 10.4. The van der Waals surface area contributed by atoms with Crippen LogP contribution >= 0.6 is 0 Å². The molecule has 1 aromatic heterocycles. The van der Waals surface area contributed by atoms with Gasteiger partial charge < -0.3 is 10.2 Å². The minimum absolute atomic E-state index is 0.0595. The van der Waals surface area contributed by atoms with Gasteiger partial charge in [-0.2, -0.15) is 0 Å². The molecule has 1 atom stereocenters. The molecule has 1 N–H and O–H groups in total. The van der Waals surface area contributed by atoms with Crippen molar-refractivity contribution in [2.75, 3.05) is 20.1 Å². The molecule has 1 amide bonds. The maximum Gasteiger partial charge on any atom is 0.255 e. The Hall–Kier alpha value is -1.42. The Morgan fingerprint density at radius 2 is 2.47 bits per heavy atom. The van der Waals surface area contributed by atoms with Crippen LogP contribution in [0.15, 0.2) is 18.3 Å². The number of aryl methyl sites for hydroxylation is 1. The van der Waals surface area contributed by atoms with Crippen molar-refractivity contribution in [1.82, 2.24) is 15.2 Å². The molecule has 1 unspecified atom stereocenters. The summed E-state index contributed by atoms with van der Waals surface area (Å²) >= 11 is 0. The van der Waals surface area contributed by atoms with Gasteiger partial charge in [0.2, 0.25) is 0 Å². The minimum atomic E-state index is 0.0595. The number of nitrogens with one attached hydrogen (secondary N) is 1. The van der Waals surface area contributed by atoms with E-state index in [-0.39, 0.29) is 5.91 Å². The molecular formula is C13H19N3O. The van der Waals surface area contributed by atoms with Gasteiger partial charge in [0.05, 0.1) is 5.56 Å². The minimum Gasteiger partial charge on any atom is -0.340 e. The number of aromatic nitrogens is 1. The van der Waals surface area contributed by atoms with Gasteiger partial charge in [-0.05, 0) is 38.4 Å². The molecule has 1 fully saturated rings. The highest BCUT2D eigenvalue weighted by Crippen LogP contribution is 2.10. The van der Waals surface area contributed by atoms with Crippen molar-refractivity contribution in [1.29, 1.82) is 0 Å². The Morgan fingerprint density at radius 1 is 1.65 bits per heavy atom. The van der Waals surface area contributed by atoms with Gasteiger partial charge >= 0.3 is 0 Å². The van der Waals surface area contributed by atoms with Gasteiger partial charge in [-0.1, -0.05) is 0 Å². The average molecular weight is 233 g/mol. The lowest BCUT2D eigenvalue weighted by Gasteiger charge is -2.21. The quantitative estimate of drug-likeness (QED) is 0.853. The van der Waals surface area contributed by atoms with Crippen LogP contribution in [0.4, 0.5) is 0 Å². The number of amides is 1. The topological polar surface area (TPSA) is 45.2 Å². The van der Waals surface area contributed by atoms with E-state index in [1.165, 1.54) is 6.42 Å². The van der Waals surface area contributed by atoms with Gasteiger partial charge in [-0.3, -0.25) is 9.78 Å². The summed E-state index contributed by atoms with van der Waals surface area (Å²) in [6.45, 7) is 3.71. The molecule has 1 aromatic rings. The van der Waals surface area contributed by atoms with E-state index in [9.17, 15) is 4.79 Å². The van der Waals surface area contributed by atoms with Gasteiger partial charge in [-0.15, -0.1) is 0 Å². The Labute approximate surface area is 102 Å². The summed E-state index contributed by atoms with van der Waals surface area (Å²) in [6, 6.07) is 4.09. The van der Waals surface area contributed by atoms with Gasteiger partial charge in [0, 0.05) is 31.5 Å². The van der Waals surface area contributed by atoms with Crippen LogP contribution in [0, 0.1) is 6.92 Å². The molecule has 92 valence electrons. The highest BCUT2D eigenvalue weighted by atomic mass is 16.2. The number of likely N-dealkylation sites (N-methyl/N-ethyl adjacent to an activating group) is 1. The van der Waals surface area contributed by atoms with Crippen LogP contribution in [0.3, 0.4) is 0 Å². The fourth-order valence-corrected chi connectivity index (χ4v) is 2.24.